The molecule has 5 heteroatoms. The average molecular weight is 298 g/mol. The smallest absolute Gasteiger partial charge is 0.315 e. The van der Waals surface area contributed by atoms with E-state index in [1.165, 1.54) is 19.3 Å². The summed E-state index contributed by atoms with van der Waals surface area (Å²) in [5, 5.41) is 15.0. The highest BCUT2D eigenvalue weighted by molar-refractivity contribution is 5.74. The van der Waals surface area contributed by atoms with Gasteiger partial charge in [0.15, 0.2) is 0 Å². The summed E-state index contributed by atoms with van der Waals surface area (Å²) in [5.41, 5.74) is 0. The van der Waals surface area contributed by atoms with Crippen LogP contribution < -0.4 is 10.6 Å². The molecule has 0 unspecified atom stereocenters. The fraction of sp³-hybridized carbons (Fsp3) is 0.938. The monoisotopic (exact) mass is 298 g/mol. The van der Waals surface area contributed by atoms with Gasteiger partial charge in [-0.1, -0.05) is 32.6 Å². The number of hydrogen-bond donors (Lipinski definition) is 3. The largest absolute Gasteiger partial charge is 0.394 e. The van der Waals surface area contributed by atoms with Gasteiger partial charge in [-0.3, -0.25) is 0 Å². The van der Waals surface area contributed by atoms with E-state index >= 15 is 0 Å². The van der Waals surface area contributed by atoms with E-state index in [-0.39, 0.29) is 30.8 Å². The van der Waals surface area contributed by atoms with E-state index in [4.69, 9.17) is 9.84 Å². The van der Waals surface area contributed by atoms with Crippen molar-refractivity contribution in [2.75, 3.05) is 6.61 Å². The number of aliphatic hydroxyl groups is 1. The molecule has 0 radical (unpaired) electrons. The minimum absolute atomic E-state index is 0.0173. The van der Waals surface area contributed by atoms with Crippen LogP contribution in [0.3, 0.4) is 0 Å². The van der Waals surface area contributed by atoms with Crippen molar-refractivity contribution in [3.05, 3.63) is 0 Å². The average Bonchev–Trinajstić information content (AvgIpc) is 3.00. The second-order valence-electron chi connectivity index (χ2n) is 6.38. The van der Waals surface area contributed by atoms with Crippen molar-refractivity contribution in [2.24, 2.45) is 0 Å². The first-order valence-electron chi connectivity index (χ1n) is 8.56. The van der Waals surface area contributed by atoms with Crippen molar-refractivity contribution in [2.45, 2.75) is 89.0 Å². The van der Waals surface area contributed by atoms with E-state index in [9.17, 15) is 4.79 Å². The molecular weight excluding hydrogens is 268 g/mol. The number of urea groups is 1. The van der Waals surface area contributed by atoms with Gasteiger partial charge in [-0.25, -0.2) is 4.79 Å². The fourth-order valence-electron chi connectivity index (χ4n) is 3.37. The third-order valence-electron chi connectivity index (χ3n) is 4.74. The van der Waals surface area contributed by atoms with Gasteiger partial charge in [0, 0.05) is 0 Å². The molecule has 0 saturated heterocycles. The van der Waals surface area contributed by atoms with Crippen LogP contribution in [0.25, 0.3) is 0 Å². The molecule has 0 aromatic rings. The zero-order valence-corrected chi connectivity index (χ0v) is 13.1. The zero-order valence-electron chi connectivity index (χ0n) is 13.1. The van der Waals surface area contributed by atoms with Crippen LogP contribution in [-0.2, 0) is 4.74 Å². The van der Waals surface area contributed by atoms with Gasteiger partial charge in [0.25, 0.3) is 0 Å². The Morgan fingerprint density at radius 3 is 2.52 bits per heavy atom. The van der Waals surface area contributed by atoms with Gasteiger partial charge in [-0.2, -0.15) is 0 Å². The Labute approximate surface area is 127 Å². The van der Waals surface area contributed by atoms with E-state index in [1.807, 2.05) is 6.92 Å². The fourth-order valence-corrected chi connectivity index (χ4v) is 3.37. The van der Waals surface area contributed by atoms with Crippen LogP contribution in [0.15, 0.2) is 0 Å². The number of rotatable bonds is 6. The van der Waals surface area contributed by atoms with Crippen LogP contribution >= 0.6 is 0 Å². The van der Waals surface area contributed by atoms with Crippen LogP contribution in [0.1, 0.15) is 64.7 Å². The molecule has 2 saturated carbocycles. The first kappa shape index (κ1) is 16.6. The summed E-state index contributed by atoms with van der Waals surface area (Å²) >= 11 is 0. The minimum Gasteiger partial charge on any atom is -0.394 e. The maximum absolute atomic E-state index is 12.0. The standard InChI is InChI=1S/C16H30N2O3/c1-2-12(11-19)17-16(20)18-14-9-5-6-10-15(14)21-13-7-3-4-8-13/h12-15,19H,2-11H2,1H3,(H2,17,18,20)/t12-,14+,15+/m0/s1. The number of amides is 2. The number of carbonyl (C=O) groups is 1. The molecule has 3 N–H and O–H groups in total. The van der Waals surface area contributed by atoms with E-state index in [0.717, 1.165) is 38.5 Å². The van der Waals surface area contributed by atoms with Gasteiger partial charge < -0.3 is 20.5 Å². The topological polar surface area (TPSA) is 70.6 Å². The third kappa shape index (κ3) is 5.15. The number of carbonyl (C=O) groups excluding carboxylic acids is 1. The van der Waals surface area contributed by atoms with Crippen molar-refractivity contribution in [3.8, 4) is 0 Å². The lowest BCUT2D eigenvalue weighted by molar-refractivity contribution is -0.0410. The molecular formula is C16H30N2O3. The molecule has 0 bridgehead atoms. The highest BCUT2D eigenvalue weighted by Gasteiger charge is 2.30. The molecule has 2 amide bonds. The highest BCUT2D eigenvalue weighted by atomic mass is 16.5. The van der Waals surface area contributed by atoms with Crippen LogP contribution in [0, 0.1) is 0 Å². The quantitative estimate of drug-likeness (QED) is 0.705. The van der Waals surface area contributed by atoms with Crippen LogP contribution in [-0.4, -0.2) is 42.0 Å². The lowest BCUT2D eigenvalue weighted by Gasteiger charge is -2.34. The molecule has 2 aliphatic carbocycles. The molecule has 122 valence electrons. The van der Waals surface area contributed by atoms with E-state index in [0.29, 0.717) is 6.10 Å². The Morgan fingerprint density at radius 2 is 1.86 bits per heavy atom. The Balaban J connectivity index is 1.81. The minimum atomic E-state index is -0.178. The molecule has 0 heterocycles. The maximum atomic E-state index is 12.0. The van der Waals surface area contributed by atoms with Crippen molar-refractivity contribution in [3.63, 3.8) is 0 Å². The Bertz CT molecular complexity index is 315. The summed E-state index contributed by atoms with van der Waals surface area (Å²) < 4.78 is 6.23. The molecule has 0 aromatic heterocycles. The summed E-state index contributed by atoms with van der Waals surface area (Å²) in [4.78, 5) is 12.0. The van der Waals surface area contributed by atoms with Gasteiger partial charge in [-0.15, -0.1) is 0 Å². The van der Waals surface area contributed by atoms with Crippen LogP contribution in [0.4, 0.5) is 4.79 Å². The summed E-state index contributed by atoms with van der Waals surface area (Å²) in [6, 6.07) is -0.235. The molecule has 2 rings (SSSR count). The summed E-state index contributed by atoms with van der Waals surface area (Å²) in [7, 11) is 0. The molecule has 0 aliphatic heterocycles. The SMILES string of the molecule is CC[C@@H](CO)NC(=O)N[C@@H]1CCCC[C@H]1OC1CCCC1. The van der Waals surface area contributed by atoms with Gasteiger partial charge >= 0.3 is 6.03 Å². The Hall–Kier alpha value is -0.810. The van der Waals surface area contributed by atoms with Gasteiger partial charge in [0.2, 0.25) is 0 Å². The number of ether oxygens (including phenoxy) is 1. The van der Waals surface area contributed by atoms with Crippen molar-refractivity contribution in [1.82, 2.24) is 10.6 Å². The Kier molecular flexibility index (Phi) is 6.77. The number of aliphatic hydroxyl groups excluding tert-OH is 1. The lowest BCUT2D eigenvalue weighted by Crippen LogP contribution is -2.52. The molecule has 2 fully saturated rings. The Morgan fingerprint density at radius 1 is 1.19 bits per heavy atom. The summed E-state index contributed by atoms with van der Waals surface area (Å²) in [5.74, 6) is 0. The molecule has 3 atom stereocenters. The predicted molar refractivity (Wildman–Crippen MR) is 82.2 cm³/mol. The van der Waals surface area contributed by atoms with Gasteiger partial charge in [-0.05, 0) is 32.1 Å². The second-order valence-corrected chi connectivity index (χ2v) is 6.38. The van der Waals surface area contributed by atoms with E-state index in [2.05, 4.69) is 10.6 Å². The van der Waals surface area contributed by atoms with Crippen LogP contribution in [0.5, 0.6) is 0 Å². The molecule has 5 nitrogen and oxygen atoms in total. The van der Waals surface area contributed by atoms with E-state index in [1.54, 1.807) is 0 Å². The van der Waals surface area contributed by atoms with Crippen LogP contribution in [0.2, 0.25) is 0 Å². The third-order valence-corrected chi connectivity index (χ3v) is 4.74. The first-order chi connectivity index (χ1) is 10.2. The summed E-state index contributed by atoms with van der Waals surface area (Å²) in [6.45, 7) is 1.93. The predicted octanol–water partition coefficient (Wildman–Crippen LogP) is 2.33. The van der Waals surface area contributed by atoms with Crippen molar-refractivity contribution in [1.29, 1.82) is 0 Å². The molecule has 21 heavy (non-hydrogen) atoms. The molecule has 0 spiro atoms. The normalized spacial score (nSPS) is 28.3. The summed E-state index contributed by atoms with van der Waals surface area (Å²) in [6.07, 6.45) is 10.5. The second kappa shape index (κ2) is 8.59. The van der Waals surface area contributed by atoms with Gasteiger partial charge in [0.05, 0.1) is 30.9 Å². The molecule has 0 aromatic carbocycles. The first-order valence-corrected chi connectivity index (χ1v) is 8.56. The van der Waals surface area contributed by atoms with E-state index < -0.39 is 0 Å². The van der Waals surface area contributed by atoms with Crippen molar-refractivity contribution < 1.29 is 14.6 Å². The highest BCUT2D eigenvalue weighted by Crippen LogP contribution is 2.28. The molecule has 2 aliphatic rings. The maximum Gasteiger partial charge on any atom is 0.315 e. The zero-order chi connectivity index (χ0) is 15.1. The van der Waals surface area contributed by atoms with Crippen molar-refractivity contribution >= 4 is 6.03 Å². The number of hydrogen-bond acceptors (Lipinski definition) is 3. The lowest BCUT2D eigenvalue weighted by atomic mass is 9.92. The van der Waals surface area contributed by atoms with Gasteiger partial charge in [0.1, 0.15) is 0 Å². The number of nitrogens with one attached hydrogen (secondary N) is 2.